The molecule has 1 aliphatic carbocycles. The maximum atomic E-state index is 12.5. The fourth-order valence-electron chi connectivity index (χ4n) is 3.28. The Balaban J connectivity index is 1.84. The van der Waals surface area contributed by atoms with Crippen LogP contribution in [0, 0.1) is 11.8 Å². The lowest BCUT2D eigenvalue weighted by atomic mass is 9.72. The molecule has 0 radical (unpaired) electrons. The number of halogens is 3. The summed E-state index contributed by atoms with van der Waals surface area (Å²) in [5.74, 6) is -1.13. The summed E-state index contributed by atoms with van der Waals surface area (Å²) < 4.78 is 41.2. The Labute approximate surface area is 134 Å². The second kappa shape index (κ2) is 5.47. The summed E-state index contributed by atoms with van der Waals surface area (Å²) in [6.07, 6.45) is -5.32. The average Bonchev–Trinajstić information content (AvgIpc) is 2.83. The first-order valence-corrected chi connectivity index (χ1v) is 7.47. The van der Waals surface area contributed by atoms with Gasteiger partial charge in [0.1, 0.15) is 0 Å². The molecule has 1 N–H and O–H groups in total. The minimum atomic E-state index is -4.64. The van der Waals surface area contributed by atoms with Crippen LogP contribution in [0.2, 0.25) is 0 Å². The number of nitrogens with zero attached hydrogens (tertiary/aromatic N) is 4. The lowest BCUT2D eigenvalue weighted by Crippen LogP contribution is -2.47. The number of aromatic nitrogens is 4. The highest BCUT2D eigenvalue weighted by atomic mass is 19.4. The van der Waals surface area contributed by atoms with E-state index < -0.39 is 29.4 Å². The highest BCUT2D eigenvalue weighted by Crippen LogP contribution is 2.41. The first kappa shape index (κ1) is 16.7. The summed E-state index contributed by atoms with van der Waals surface area (Å²) in [6.45, 7) is 0.0354. The highest BCUT2D eigenvalue weighted by molar-refractivity contribution is 5.69. The predicted molar refractivity (Wildman–Crippen MR) is 78.5 cm³/mol. The number of hydrogen-bond acceptors (Lipinski definition) is 4. The largest absolute Gasteiger partial charge is 0.414 e. The van der Waals surface area contributed by atoms with Crippen molar-refractivity contribution in [1.82, 2.24) is 18.7 Å². The van der Waals surface area contributed by atoms with Gasteiger partial charge in [0.25, 0.3) is 5.56 Å². The van der Waals surface area contributed by atoms with Crippen molar-refractivity contribution in [1.29, 1.82) is 0 Å². The van der Waals surface area contributed by atoms with Crippen LogP contribution >= 0.6 is 0 Å². The van der Waals surface area contributed by atoms with Gasteiger partial charge in [0, 0.05) is 20.6 Å². The zero-order chi connectivity index (χ0) is 17.8. The number of aryl methyl sites for hydroxylation is 2. The molecule has 2 aromatic heterocycles. The van der Waals surface area contributed by atoms with Crippen LogP contribution in [-0.4, -0.2) is 36.1 Å². The van der Waals surface area contributed by atoms with Crippen LogP contribution in [0.3, 0.4) is 0 Å². The lowest BCUT2D eigenvalue weighted by Gasteiger charge is -2.38. The number of rotatable bonds is 3. The van der Waals surface area contributed by atoms with E-state index in [0.29, 0.717) is 0 Å². The van der Waals surface area contributed by atoms with Gasteiger partial charge < -0.3 is 9.67 Å². The van der Waals surface area contributed by atoms with E-state index in [1.807, 2.05) is 0 Å². The van der Waals surface area contributed by atoms with Crippen LogP contribution in [-0.2, 0) is 20.6 Å². The number of aliphatic hydroxyl groups excluding tert-OH is 1. The first-order valence-electron chi connectivity index (χ1n) is 7.47. The molecule has 10 heteroatoms. The van der Waals surface area contributed by atoms with Crippen LogP contribution in [0.5, 0.6) is 0 Å². The number of alkyl halides is 3. The van der Waals surface area contributed by atoms with Gasteiger partial charge in [0.05, 0.1) is 6.33 Å². The Morgan fingerprint density at radius 1 is 1.33 bits per heavy atom. The minimum absolute atomic E-state index is 0.0354. The summed E-state index contributed by atoms with van der Waals surface area (Å²) in [5.41, 5.74) is -0.523. The van der Waals surface area contributed by atoms with Gasteiger partial charge >= 0.3 is 11.9 Å². The van der Waals surface area contributed by atoms with E-state index in [1.54, 1.807) is 7.05 Å². The van der Waals surface area contributed by atoms with E-state index in [-0.39, 0.29) is 36.5 Å². The maximum absolute atomic E-state index is 12.5. The summed E-state index contributed by atoms with van der Waals surface area (Å²) in [4.78, 5) is 28.8. The van der Waals surface area contributed by atoms with Gasteiger partial charge in [0.15, 0.2) is 17.3 Å². The molecule has 132 valence electrons. The fourth-order valence-corrected chi connectivity index (χ4v) is 3.28. The molecule has 0 amide bonds. The normalized spacial score (nSPS) is 22.6. The van der Waals surface area contributed by atoms with Gasteiger partial charge in [-0.3, -0.25) is 13.9 Å². The molecule has 1 saturated carbocycles. The molecule has 0 bridgehead atoms. The summed E-state index contributed by atoms with van der Waals surface area (Å²) >= 11 is 0. The van der Waals surface area contributed by atoms with Crippen molar-refractivity contribution in [2.45, 2.75) is 31.7 Å². The topological polar surface area (TPSA) is 82.1 Å². The number of hydrogen-bond donors (Lipinski definition) is 1. The summed E-state index contributed by atoms with van der Waals surface area (Å²) in [7, 11) is 3.12. The molecule has 1 fully saturated rings. The molecular formula is C14H17F3N4O3. The molecule has 7 nitrogen and oxygen atoms in total. The molecule has 0 aromatic carbocycles. The fraction of sp³-hybridized carbons (Fsp3) is 0.643. The lowest BCUT2D eigenvalue weighted by molar-refractivity contribution is -0.231. The summed E-state index contributed by atoms with van der Waals surface area (Å²) in [6, 6.07) is 0. The van der Waals surface area contributed by atoms with Crippen molar-refractivity contribution < 1.29 is 18.3 Å². The average molecular weight is 346 g/mol. The van der Waals surface area contributed by atoms with Gasteiger partial charge in [-0.05, 0) is 24.7 Å². The van der Waals surface area contributed by atoms with Crippen LogP contribution < -0.4 is 11.2 Å². The predicted octanol–water partition coefficient (Wildman–Crippen LogP) is 0.383. The standard InChI is InChI=1S/C14H17F3N4O3/c1-19-6-18-11-9(19)12(23)21(13(24)20(11)2)5-7-3-8(4-7)10(22)14(15,16)17/h6-8,10,22H,3-5H2,1-2H3. The van der Waals surface area contributed by atoms with Crippen LogP contribution in [0.15, 0.2) is 15.9 Å². The molecule has 3 rings (SSSR count). The first-order chi connectivity index (χ1) is 11.1. The van der Waals surface area contributed by atoms with E-state index in [4.69, 9.17) is 0 Å². The Kier molecular flexibility index (Phi) is 3.82. The molecule has 24 heavy (non-hydrogen) atoms. The van der Waals surface area contributed by atoms with Crippen LogP contribution in [0.25, 0.3) is 11.2 Å². The molecule has 0 aliphatic heterocycles. The van der Waals surface area contributed by atoms with Crippen molar-refractivity contribution >= 4 is 11.2 Å². The third kappa shape index (κ3) is 2.54. The van der Waals surface area contributed by atoms with Crippen LogP contribution in [0.4, 0.5) is 13.2 Å². The van der Waals surface area contributed by atoms with Crippen LogP contribution in [0.1, 0.15) is 12.8 Å². The van der Waals surface area contributed by atoms with Gasteiger partial charge in [-0.1, -0.05) is 0 Å². The Hall–Kier alpha value is -2.10. The van der Waals surface area contributed by atoms with Gasteiger partial charge in [-0.15, -0.1) is 0 Å². The smallest absolute Gasteiger partial charge is 0.383 e. The summed E-state index contributed by atoms with van der Waals surface area (Å²) in [5, 5.41) is 9.22. The van der Waals surface area contributed by atoms with E-state index in [0.717, 1.165) is 4.57 Å². The highest BCUT2D eigenvalue weighted by Gasteiger charge is 2.48. The maximum Gasteiger partial charge on any atom is 0.414 e. The third-order valence-corrected chi connectivity index (χ3v) is 4.70. The molecule has 1 aliphatic rings. The zero-order valence-corrected chi connectivity index (χ0v) is 13.1. The quantitative estimate of drug-likeness (QED) is 0.871. The minimum Gasteiger partial charge on any atom is -0.383 e. The Morgan fingerprint density at radius 2 is 1.96 bits per heavy atom. The second-order valence-corrected chi connectivity index (χ2v) is 6.37. The monoisotopic (exact) mass is 346 g/mol. The van der Waals surface area contributed by atoms with Crippen molar-refractivity contribution in [3.63, 3.8) is 0 Å². The van der Waals surface area contributed by atoms with E-state index >= 15 is 0 Å². The Morgan fingerprint density at radius 3 is 2.54 bits per heavy atom. The van der Waals surface area contributed by atoms with E-state index in [9.17, 15) is 27.9 Å². The molecule has 2 heterocycles. The second-order valence-electron chi connectivity index (χ2n) is 6.37. The van der Waals surface area contributed by atoms with Crippen molar-refractivity contribution in [3.8, 4) is 0 Å². The van der Waals surface area contributed by atoms with Crippen molar-refractivity contribution in [2.24, 2.45) is 25.9 Å². The molecular weight excluding hydrogens is 329 g/mol. The van der Waals surface area contributed by atoms with Crippen molar-refractivity contribution in [3.05, 3.63) is 27.2 Å². The molecule has 0 saturated heterocycles. The van der Waals surface area contributed by atoms with Crippen molar-refractivity contribution in [2.75, 3.05) is 0 Å². The zero-order valence-electron chi connectivity index (χ0n) is 13.1. The third-order valence-electron chi connectivity index (χ3n) is 4.70. The molecule has 0 spiro atoms. The van der Waals surface area contributed by atoms with Gasteiger partial charge in [-0.2, -0.15) is 13.2 Å². The van der Waals surface area contributed by atoms with E-state index in [2.05, 4.69) is 4.98 Å². The molecule has 2 aromatic rings. The SMILES string of the molecule is Cn1cnc2c1c(=O)n(CC1CC(C(O)C(F)(F)F)C1)c(=O)n2C. The number of fused-ring (bicyclic) bond motifs is 1. The Bertz CT molecular complexity index is 890. The van der Waals surface area contributed by atoms with Gasteiger partial charge in [-0.25, -0.2) is 9.78 Å². The number of aliphatic hydroxyl groups is 1. The van der Waals surface area contributed by atoms with Gasteiger partial charge in [0.2, 0.25) is 0 Å². The number of imidazole rings is 1. The molecule has 1 unspecified atom stereocenters. The molecule has 1 atom stereocenters. The van der Waals surface area contributed by atoms with E-state index in [1.165, 1.54) is 22.5 Å².